The molecule has 0 aromatic rings. The highest BCUT2D eigenvalue weighted by atomic mass is 16.5. The molecule has 1 aliphatic carbocycles. The molecule has 0 spiro atoms. The molecule has 2 unspecified atom stereocenters. The van der Waals surface area contributed by atoms with Crippen LogP contribution in [0.3, 0.4) is 0 Å². The highest BCUT2D eigenvalue weighted by molar-refractivity contribution is 5.81. The monoisotopic (exact) mass is 301 g/mol. The maximum Gasteiger partial charge on any atom is 0.326 e. The van der Waals surface area contributed by atoms with Crippen LogP contribution in [-0.2, 0) is 19.0 Å². The van der Waals surface area contributed by atoms with Crippen LogP contribution in [-0.4, -0.2) is 51.1 Å². The van der Waals surface area contributed by atoms with Crippen LogP contribution in [0.25, 0.3) is 0 Å². The van der Waals surface area contributed by atoms with Gasteiger partial charge in [0.05, 0.1) is 25.9 Å². The molecule has 1 aliphatic rings. The van der Waals surface area contributed by atoms with Gasteiger partial charge in [-0.3, -0.25) is 4.79 Å². The van der Waals surface area contributed by atoms with Gasteiger partial charge in [-0.15, -0.1) is 0 Å². The fourth-order valence-corrected chi connectivity index (χ4v) is 3.09. The third kappa shape index (κ3) is 5.24. The molecule has 0 aromatic heterocycles. The molecule has 0 aliphatic heterocycles. The van der Waals surface area contributed by atoms with Crippen LogP contribution in [0.2, 0.25) is 0 Å². The van der Waals surface area contributed by atoms with Gasteiger partial charge in [-0.2, -0.15) is 0 Å². The number of methoxy groups -OCH3 is 1. The molecule has 0 bridgehead atoms. The van der Waals surface area contributed by atoms with Crippen molar-refractivity contribution in [1.82, 2.24) is 5.32 Å². The van der Waals surface area contributed by atoms with Crippen molar-refractivity contribution in [3.8, 4) is 0 Å². The topological polar surface area (TPSA) is 56.8 Å². The molecule has 0 aromatic carbocycles. The average molecular weight is 301 g/mol. The smallest absolute Gasteiger partial charge is 0.326 e. The number of likely N-dealkylation sites (N-methyl/N-ethyl adjacent to an activating group) is 1. The Kier molecular flexibility index (Phi) is 7.10. The minimum absolute atomic E-state index is 0.124. The number of carbonyl (C=O) groups excluding carboxylic acids is 1. The predicted molar refractivity (Wildman–Crippen MR) is 82.3 cm³/mol. The van der Waals surface area contributed by atoms with E-state index in [1.54, 1.807) is 0 Å². The zero-order valence-corrected chi connectivity index (χ0v) is 14.2. The number of hydrogen-bond acceptors (Lipinski definition) is 5. The summed E-state index contributed by atoms with van der Waals surface area (Å²) in [5, 5.41) is 3.20. The second kappa shape index (κ2) is 8.11. The molecule has 124 valence electrons. The summed E-state index contributed by atoms with van der Waals surface area (Å²) < 4.78 is 16.2. The van der Waals surface area contributed by atoms with Crippen molar-refractivity contribution in [2.45, 2.75) is 57.6 Å². The van der Waals surface area contributed by atoms with Gasteiger partial charge in [0, 0.05) is 6.61 Å². The average Bonchev–Trinajstić information content (AvgIpc) is 2.84. The molecule has 21 heavy (non-hydrogen) atoms. The molecule has 0 radical (unpaired) electrons. The van der Waals surface area contributed by atoms with E-state index in [1.165, 1.54) is 7.11 Å². The van der Waals surface area contributed by atoms with Gasteiger partial charge in [-0.1, -0.05) is 6.42 Å². The molecule has 0 amide bonds. The van der Waals surface area contributed by atoms with Gasteiger partial charge in [0.2, 0.25) is 0 Å². The third-order valence-electron chi connectivity index (χ3n) is 4.19. The molecule has 1 N–H and O–H groups in total. The van der Waals surface area contributed by atoms with E-state index in [2.05, 4.69) is 5.32 Å². The first-order chi connectivity index (χ1) is 9.85. The minimum atomic E-state index is -0.528. The van der Waals surface area contributed by atoms with Crippen molar-refractivity contribution in [3.63, 3.8) is 0 Å². The number of carbonyl (C=O) groups is 1. The first kappa shape index (κ1) is 18.4. The fraction of sp³-hybridized carbons (Fsp3) is 0.938. The van der Waals surface area contributed by atoms with E-state index in [4.69, 9.17) is 14.2 Å². The Balaban J connectivity index is 2.32. The third-order valence-corrected chi connectivity index (χ3v) is 4.19. The maximum atomic E-state index is 12.1. The molecule has 0 heterocycles. The Bertz CT molecular complexity index is 327. The van der Waals surface area contributed by atoms with Gasteiger partial charge in [0.1, 0.15) is 5.54 Å². The summed E-state index contributed by atoms with van der Waals surface area (Å²) in [5.41, 5.74) is -0.652. The van der Waals surface area contributed by atoms with Crippen LogP contribution in [0.15, 0.2) is 0 Å². The summed E-state index contributed by atoms with van der Waals surface area (Å²) in [6, 6.07) is 0. The van der Waals surface area contributed by atoms with Crippen molar-refractivity contribution < 1.29 is 19.0 Å². The summed E-state index contributed by atoms with van der Waals surface area (Å²) in [6.07, 6.45) is 3.80. The number of rotatable bonds is 8. The Morgan fingerprint density at radius 3 is 2.57 bits per heavy atom. The van der Waals surface area contributed by atoms with E-state index in [9.17, 15) is 4.79 Å². The standard InChI is InChI=1S/C16H31NO4/c1-15(2,3)21-12-11-20-10-8-13-7-6-9-16(13,17-4)14(18)19-5/h13,17H,6-12H2,1-5H3. The molecule has 2 atom stereocenters. The zero-order chi connectivity index (χ0) is 15.9. The van der Waals surface area contributed by atoms with Crippen LogP contribution in [0, 0.1) is 5.92 Å². The Labute approximate surface area is 128 Å². The van der Waals surface area contributed by atoms with Gasteiger partial charge in [0.15, 0.2) is 0 Å². The lowest BCUT2D eigenvalue weighted by Gasteiger charge is -2.32. The van der Waals surface area contributed by atoms with Gasteiger partial charge >= 0.3 is 5.97 Å². The van der Waals surface area contributed by atoms with E-state index in [0.29, 0.717) is 19.8 Å². The van der Waals surface area contributed by atoms with E-state index < -0.39 is 5.54 Å². The second-order valence-electron chi connectivity index (χ2n) is 6.66. The van der Waals surface area contributed by atoms with Crippen LogP contribution in [0.4, 0.5) is 0 Å². The van der Waals surface area contributed by atoms with E-state index in [-0.39, 0.29) is 17.5 Å². The second-order valence-corrected chi connectivity index (χ2v) is 6.66. The molecular weight excluding hydrogens is 270 g/mol. The normalized spacial score (nSPS) is 26.0. The van der Waals surface area contributed by atoms with Crippen molar-refractivity contribution in [2.75, 3.05) is 34.0 Å². The molecule has 0 saturated heterocycles. The Morgan fingerprint density at radius 1 is 1.29 bits per heavy atom. The molecule has 5 heteroatoms. The largest absolute Gasteiger partial charge is 0.468 e. The minimum Gasteiger partial charge on any atom is -0.468 e. The summed E-state index contributed by atoms with van der Waals surface area (Å²) >= 11 is 0. The first-order valence-corrected chi connectivity index (χ1v) is 7.85. The van der Waals surface area contributed by atoms with E-state index in [1.807, 2.05) is 27.8 Å². The SMILES string of the molecule is CNC1(C(=O)OC)CCCC1CCOCCOC(C)(C)C. The molecule has 1 fully saturated rings. The Morgan fingerprint density at radius 2 is 2.00 bits per heavy atom. The van der Waals surface area contributed by atoms with Crippen LogP contribution < -0.4 is 5.32 Å². The van der Waals surface area contributed by atoms with Crippen molar-refractivity contribution in [3.05, 3.63) is 0 Å². The number of nitrogens with one attached hydrogen (secondary N) is 1. The summed E-state index contributed by atoms with van der Waals surface area (Å²) in [6.45, 7) is 7.94. The number of hydrogen-bond donors (Lipinski definition) is 1. The summed E-state index contributed by atoms with van der Waals surface area (Å²) in [4.78, 5) is 12.1. The lowest BCUT2D eigenvalue weighted by molar-refractivity contribution is -0.150. The lowest BCUT2D eigenvalue weighted by atomic mass is 9.85. The number of esters is 1. The van der Waals surface area contributed by atoms with Crippen LogP contribution in [0.5, 0.6) is 0 Å². The van der Waals surface area contributed by atoms with E-state index in [0.717, 1.165) is 25.7 Å². The predicted octanol–water partition coefficient (Wildman–Crippen LogP) is 2.14. The van der Waals surface area contributed by atoms with Crippen molar-refractivity contribution in [2.24, 2.45) is 5.92 Å². The Hall–Kier alpha value is -0.650. The summed E-state index contributed by atoms with van der Waals surface area (Å²) in [5.74, 6) is 0.127. The van der Waals surface area contributed by atoms with Gasteiger partial charge in [0.25, 0.3) is 0 Å². The molecule has 1 rings (SSSR count). The van der Waals surface area contributed by atoms with Crippen molar-refractivity contribution in [1.29, 1.82) is 0 Å². The highest BCUT2D eigenvalue weighted by Crippen LogP contribution is 2.38. The quantitative estimate of drug-likeness (QED) is 0.550. The van der Waals surface area contributed by atoms with Crippen LogP contribution >= 0.6 is 0 Å². The highest BCUT2D eigenvalue weighted by Gasteiger charge is 2.48. The van der Waals surface area contributed by atoms with Gasteiger partial charge < -0.3 is 19.5 Å². The van der Waals surface area contributed by atoms with Gasteiger partial charge in [-0.25, -0.2) is 0 Å². The van der Waals surface area contributed by atoms with E-state index >= 15 is 0 Å². The van der Waals surface area contributed by atoms with Crippen LogP contribution in [0.1, 0.15) is 46.5 Å². The van der Waals surface area contributed by atoms with Crippen molar-refractivity contribution >= 4 is 5.97 Å². The molecular formula is C16H31NO4. The zero-order valence-electron chi connectivity index (χ0n) is 14.2. The molecule has 1 saturated carbocycles. The fourth-order valence-electron chi connectivity index (χ4n) is 3.09. The summed E-state index contributed by atoms with van der Waals surface area (Å²) in [7, 11) is 3.30. The number of ether oxygens (including phenoxy) is 3. The first-order valence-electron chi connectivity index (χ1n) is 7.85. The molecule has 5 nitrogen and oxygen atoms in total. The van der Waals surface area contributed by atoms with Gasteiger partial charge in [-0.05, 0) is 53.0 Å². The lowest BCUT2D eigenvalue weighted by Crippen LogP contribution is -2.54. The maximum absolute atomic E-state index is 12.1.